The highest BCUT2D eigenvalue weighted by Gasteiger charge is 2.32. The fraction of sp³-hybridized carbons (Fsp3) is 0.286. The van der Waals surface area contributed by atoms with Crippen LogP contribution in [0.15, 0.2) is 76.5 Å². The molecular weight excluding hydrogens is 463 g/mol. The van der Waals surface area contributed by atoms with Gasteiger partial charge in [0.1, 0.15) is 5.82 Å². The van der Waals surface area contributed by atoms with Crippen LogP contribution in [0.2, 0.25) is 0 Å². The van der Waals surface area contributed by atoms with Crippen molar-refractivity contribution < 1.29 is 18.2 Å². The molecule has 2 amide bonds. The van der Waals surface area contributed by atoms with Gasteiger partial charge in [0, 0.05) is 17.2 Å². The molecule has 7 heteroatoms. The normalized spacial score (nSPS) is 21.6. The minimum absolute atomic E-state index is 0.0469. The van der Waals surface area contributed by atoms with E-state index in [1.165, 1.54) is 17.4 Å². The molecule has 1 N–H and O–H groups in total. The Morgan fingerprint density at radius 2 is 1.77 bits per heavy atom. The maximum Gasteiger partial charge on any atom is 0.259 e. The standard InChI is InChI=1S/C28H27FN2O3S/c1-18-8-2-6-12-23(18)30-27(32)19-14-15-26-24(16-19)31(17-20-9-3-5-11-22(20)29)28(33)21-10-4-7-13-25(21)35(26)34/h3-5,7,9-11,13-16,18,23H,2,6,8,12,17H2,1H3,(H,30,32)/t18-,23+,35+/m1/s1. The van der Waals surface area contributed by atoms with Crippen molar-refractivity contribution in [1.29, 1.82) is 0 Å². The van der Waals surface area contributed by atoms with Crippen molar-refractivity contribution in [1.82, 2.24) is 5.32 Å². The molecule has 0 bridgehead atoms. The number of fused-ring (bicyclic) bond motifs is 2. The van der Waals surface area contributed by atoms with E-state index in [9.17, 15) is 18.2 Å². The first-order valence-electron chi connectivity index (χ1n) is 11.9. The predicted octanol–water partition coefficient (Wildman–Crippen LogP) is 5.46. The lowest BCUT2D eigenvalue weighted by Crippen LogP contribution is -2.41. The van der Waals surface area contributed by atoms with E-state index in [-0.39, 0.29) is 24.4 Å². The molecule has 0 aromatic heterocycles. The molecule has 1 heterocycles. The Bertz CT molecular complexity index is 1330. The topological polar surface area (TPSA) is 66.5 Å². The second kappa shape index (κ2) is 9.74. The van der Waals surface area contributed by atoms with E-state index in [0.717, 1.165) is 19.3 Å². The molecule has 5 rings (SSSR count). The number of halogens is 1. The first-order valence-corrected chi connectivity index (χ1v) is 13.1. The van der Waals surface area contributed by atoms with Gasteiger partial charge in [0.15, 0.2) is 0 Å². The molecular formula is C28H27FN2O3S. The Balaban J connectivity index is 1.57. The lowest BCUT2D eigenvalue weighted by Gasteiger charge is -2.29. The molecule has 1 aliphatic carbocycles. The number of hydrogen-bond acceptors (Lipinski definition) is 3. The predicted molar refractivity (Wildman–Crippen MR) is 133 cm³/mol. The summed E-state index contributed by atoms with van der Waals surface area (Å²) in [7, 11) is -1.63. The van der Waals surface area contributed by atoms with Crippen LogP contribution in [0.5, 0.6) is 0 Å². The Kier molecular flexibility index (Phi) is 6.52. The monoisotopic (exact) mass is 490 g/mol. The van der Waals surface area contributed by atoms with E-state index in [1.54, 1.807) is 60.7 Å². The quantitative estimate of drug-likeness (QED) is 0.528. The summed E-state index contributed by atoms with van der Waals surface area (Å²) in [5, 5.41) is 3.14. The molecule has 1 saturated carbocycles. The van der Waals surface area contributed by atoms with Crippen LogP contribution in [0.1, 0.15) is 58.9 Å². The highest BCUT2D eigenvalue weighted by molar-refractivity contribution is 7.85. The summed E-state index contributed by atoms with van der Waals surface area (Å²) in [6, 6.07) is 18.0. The molecule has 1 aliphatic heterocycles. The zero-order valence-corrected chi connectivity index (χ0v) is 20.3. The number of nitrogens with zero attached hydrogens (tertiary/aromatic N) is 1. The molecule has 3 aromatic rings. The van der Waals surface area contributed by atoms with Crippen molar-refractivity contribution in [2.24, 2.45) is 5.92 Å². The molecule has 0 saturated heterocycles. The smallest absolute Gasteiger partial charge is 0.259 e. The summed E-state index contributed by atoms with van der Waals surface area (Å²) in [4.78, 5) is 29.1. The first-order chi connectivity index (χ1) is 16.9. The van der Waals surface area contributed by atoms with Gasteiger partial charge in [0.25, 0.3) is 11.8 Å². The molecule has 5 nitrogen and oxygen atoms in total. The van der Waals surface area contributed by atoms with Gasteiger partial charge in [0.2, 0.25) is 0 Å². The molecule has 0 spiro atoms. The van der Waals surface area contributed by atoms with Gasteiger partial charge >= 0.3 is 0 Å². The molecule has 0 radical (unpaired) electrons. The third-order valence-electron chi connectivity index (χ3n) is 6.99. The highest BCUT2D eigenvalue weighted by atomic mass is 32.2. The number of nitrogens with one attached hydrogen (secondary N) is 1. The van der Waals surface area contributed by atoms with Crippen LogP contribution in [0.3, 0.4) is 0 Å². The lowest BCUT2D eigenvalue weighted by molar-refractivity contribution is 0.0908. The van der Waals surface area contributed by atoms with E-state index in [0.29, 0.717) is 38.1 Å². The Morgan fingerprint density at radius 3 is 2.57 bits per heavy atom. The number of carbonyl (C=O) groups is 2. The summed E-state index contributed by atoms with van der Waals surface area (Å²) in [6.07, 6.45) is 4.28. The summed E-state index contributed by atoms with van der Waals surface area (Å²) < 4.78 is 28.1. The highest BCUT2D eigenvalue weighted by Crippen LogP contribution is 2.36. The van der Waals surface area contributed by atoms with E-state index in [2.05, 4.69) is 12.2 Å². The summed E-state index contributed by atoms with van der Waals surface area (Å²) in [6.45, 7) is 2.10. The maximum absolute atomic E-state index is 14.6. The van der Waals surface area contributed by atoms with Crippen LogP contribution in [0.4, 0.5) is 10.1 Å². The molecule has 2 aliphatic rings. The van der Waals surface area contributed by atoms with Gasteiger partial charge in [-0.05, 0) is 55.2 Å². The van der Waals surface area contributed by atoms with Crippen LogP contribution >= 0.6 is 0 Å². The zero-order valence-electron chi connectivity index (χ0n) is 19.5. The fourth-order valence-corrected chi connectivity index (χ4v) is 6.29. The van der Waals surface area contributed by atoms with Gasteiger partial charge in [-0.3, -0.25) is 9.59 Å². The van der Waals surface area contributed by atoms with Crippen molar-refractivity contribution in [2.45, 2.75) is 55.0 Å². The number of rotatable bonds is 4. The van der Waals surface area contributed by atoms with E-state index in [1.807, 2.05) is 0 Å². The van der Waals surface area contributed by atoms with Gasteiger partial charge in [-0.15, -0.1) is 0 Å². The second-order valence-corrected chi connectivity index (χ2v) is 10.7. The molecule has 3 atom stereocenters. The van der Waals surface area contributed by atoms with Gasteiger partial charge < -0.3 is 10.2 Å². The van der Waals surface area contributed by atoms with Gasteiger partial charge in [0.05, 0.1) is 38.4 Å². The molecule has 0 unspecified atom stereocenters. The minimum Gasteiger partial charge on any atom is -0.349 e. The van der Waals surface area contributed by atoms with Gasteiger partial charge in [-0.2, -0.15) is 0 Å². The number of carbonyl (C=O) groups excluding carboxylic acids is 2. The summed E-state index contributed by atoms with van der Waals surface area (Å²) in [5.74, 6) is -0.637. The Labute approximate surface area is 206 Å². The van der Waals surface area contributed by atoms with Crippen molar-refractivity contribution in [3.05, 3.63) is 89.2 Å². The van der Waals surface area contributed by atoms with Crippen LogP contribution in [0, 0.1) is 11.7 Å². The Morgan fingerprint density at radius 1 is 1.03 bits per heavy atom. The van der Waals surface area contributed by atoms with Gasteiger partial charge in [-0.1, -0.05) is 50.1 Å². The van der Waals surface area contributed by atoms with Crippen LogP contribution in [0.25, 0.3) is 0 Å². The van der Waals surface area contributed by atoms with E-state index >= 15 is 0 Å². The maximum atomic E-state index is 14.6. The molecule has 3 aromatic carbocycles. The summed E-state index contributed by atoms with van der Waals surface area (Å²) in [5.41, 5.74) is 1.39. The largest absolute Gasteiger partial charge is 0.349 e. The van der Waals surface area contributed by atoms with Crippen LogP contribution in [-0.2, 0) is 17.3 Å². The first kappa shape index (κ1) is 23.4. The van der Waals surface area contributed by atoms with Crippen molar-refractivity contribution >= 4 is 28.3 Å². The van der Waals surface area contributed by atoms with Gasteiger partial charge in [-0.25, -0.2) is 8.60 Å². The van der Waals surface area contributed by atoms with Crippen LogP contribution < -0.4 is 10.2 Å². The van der Waals surface area contributed by atoms with Crippen molar-refractivity contribution in [3.63, 3.8) is 0 Å². The number of anilines is 1. The minimum atomic E-state index is -1.63. The third-order valence-corrected chi connectivity index (χ3v) is 8.49. The van der Waals surface area contributed by atoms with Crippen molar-refractivity contribution in [3.8, 4) is 0 Å². The fourth-order valence-electron chi connectivity index (χ4n) is 4.94. The zero-order chi connectivity index (χ0) is 24.5. The summed E-state index contributed by atoms with van der Waals surface area (Å²) >= 11 is 0. The molecule has 35 heavy (non-hydrogen) atoms. The number of amides is 2. The molecule has 1 fully saturated rings. The lowest BCUT2D eigenvalue weighted by atomic mass is 9.86. The van der Waals surface area contributed by atoms with E-state index < -0.39 is 16.6 Å². The molecule has 180 valence electrons. The number of hydrogen-bond donors (Lipinski definition) is 1. The third kappa shape index (κ3) is 4.52. The Hall–Kier alpha value is -3.32. The second-order valence-electron chi connectivity index (χ2n) is 9.27. The average molecular weight is 491 g/mol. The van der Waals surface area contributed by atoms with Crippen molar-refractivity contribution in [2.75, 3.05) is 4.90 Å². The SMILES string of the molecule is C[C@@H]1CCCC[C@@H]1NC(=O)c1ccc2c(c1)N(Cc1ccccc1F)C(=O)c1ccccc1[S@@]2=O. The van der Waals surface area contributed by atoms with Crippen LogP contribution in [-0.4, -0.2) is 22.1 Å². The average Bonchev–Trinajstić information content (AvgIpc) is 2.96. The van der Waals surface area contributed by atoms with E-state index in [4.69, 9.17) is 0 Å². The number of benzene rings is 3.